The average molecular weight is 465 g/mol. The number of carbonyl (C=O) groups is 1. The minimum Gasteiger partial charge on any atom is -0.482 e. The van der Waals surface area contributed by atoms with E-state index in [0.717, 1.165) is 15.6 Å². The van der Waals surface area contributed by atoms with Crippen LogP contribution >= 0.6 is 11.3 Å². The third-order valence-electron chi connectivity index (χ3n) is 3.92. The van der Waals surface area contributed by atoms with E-state index < -0.39 is 35.3 Å². The maximum absolute atomic E-state index is 12.9. The zero-order valence-corrected chi connectivity index (χ0v) is 18.1. The van der Waals surface area contributed by atoms with Crippen molar-refractivity contribution in [1.29, 1.82) is 0 Å². The van der Waals surface area contributed by atoms with Gasteiger partial charge >= 0.3 is 6.18 Å². The standard InChI is InChI=1S/C19H23F3N2O4S2/c1-14(2)9-10-24(30(26,27)18-8-5-11-29-18)12-17(25)23-15-6-3-4-7-16(15)28-13-19(20,21)22/h3-8,11,14H,9-10,12-13H2,1-2H3,(H,23,25). The Labute approximate surface area is 177 Å². The van der Waals surface area contributed by atoms with Crippen molar-refractivity contribution in [2.75, 3.05) is 25.0 Å². The molecule has 0 bridgehead atoms. The number of anilines is 1. The lowest BCUT2D eigenvalue weighted by Gasteiger charge is -2.22. The maximum atomic E-state index is 12.9. The number of hydrogen-bond acceptors (Lipinski definition) is 5. The quantitative estimate of drug-likeness (QED) is 0.567. The second-order valence-electron chi connectivity index (χ2n) is 6.90. The summed E-state index contributed by atoms with van der Waals surface area (Å²) in [6, 6.07) is 8.73. The predicted octanol–water partition coefficient (Wildman–Crippen LogP) is 4.36. The number of carbonyl (C=O) groups excluding carboxylic acids is 1. The van der Waals surface area contributed by atoms with Crippen LogP contribution in [-0.4, -0.2) is 44.5 Å². The van der Waals surface area contributed by atoms with Crippen LogP contribution in [-0.2, 0) is 14.8 Å². The van der Waals surface area contributed by atoms with Gasteiger partial charge in [0.25, 0.3) is 10.0 Å². The van der Waals surface area contributed by atoms with Gasteiger partial charge in [0.05, 0.1) is 12.2 Å². The fraction of sp³-hybridized carbons (Fsp3) is 0.421. The molecule has 166 valence electrons. The molecule has 0 aliphatic heterocycles. The summed E-state index contributed by atoms with van der Waals surface area (Å²) in [7, 11) is -3.87. The molecule has 1 heterocycles. The first-order valence-corrected chi connectivity index (χ1v) is 11.4. The van der Waals surface area contributed by atoms with Crippen LogP contribution in [0.4, 0.5) is 18.9 Å². The number of halogens is 3. The first kappa shape index (κ1) is 24.2. The van der Waals surface area contributed by atoms with Crippen molar-refractivity contribution >= 4 is 33.0 Å². The summed E-state index contributed by atoms with van der Waals surface area (Å²) in [5, 5.41) is 4.08. The molecule has 11 heteroatoms. The van der Waals surface area contributed by atoms with Crippen LogP contribution in [0, 0.1) is 5.92 Å². The van der Waals surface area contributed by atoms with E-state index in [1.54, 1.807) is 11.4 Å². The monoisotopic (exact) mass is 464 g/mol. The number of alkyl halides is 3. The van der Waals surface area contributed by atoms with Gasteiger partial charge in [0.1, 0.15) is 9.96 Å². The highest BCUT2D eigenvalue weighted by Gasteiger charge is 2.30. The summed E-state index contributed by atoms with van der Waals surface area (Å²) in [5.41, 5.74) is 0.0316. The smallest absolute Gasteiger partial charge is 0.422 e. The molecule has 2 aromatic rings. The Morgan fingerprint density at radius 2 is 1.90 bits per heavy atom. The van der Waals surface area contributed by atoms with Crippen molar-refractivity contribution in [3.8, 4) is 5.75 Å². The average Bonchev–Trinajstić information content (AvgIpc) is 3.19. The van der Waals surface area contributed by atoms with Gasteiger partial charge < -0.3 is 10.1 Å². The third-order valence-corrected chi connectivity index (χ3v) is 7.14. The minimum atomic E-state index is -4.53. The highest BCUT2D eigenvalue weighted by molar-refractivity contribution is 7.91. The number of rotatable bonds is 10. The van der Waals surface area contributed by atoms with E-state index >= 15 is 0 Å². The number of thiophene rings is 1. The third kappa shape index (κ3) is 7.29. The summed E-state index contributed by atoms with van der Waals surface area (Å²) in [4.78, 5) is 12.5. The van der Waals surface area contributed by atoms with Gasteiger partial charge in [-0.15, -0.1) is 11.3 Å². The highest BCUT2D eigenvalue weighted by Crippen LogP contribution is 2.27. The number of benzene rings is 1. The molecule has 30 heavy (non-hydrogen) atoms. The molecular formula is C19H23F3N2O4S2. The number of nitrogens with one attached hydrogen (secondary N) is 1. The molecular weight excluding hydrogens is 441 g/mol. The highest BCUT2D eigenvalue weighted by atomic mass is 32.2. The first-order valence-electron chi connectivity index (χ1n) is 9.11. The second kappa shape index (κ2) is 10.3. The Morgan fingerprint density at radius 3 is 2.50 bits per heavy atom. The Hall–Kier alpha value is -2.11. The number of hydrogen-bond donors (Lipinski definition) is 1. The van der Waals surface area contributed by atoms with E-state index in [2.05, 4.69) is 5.32 Å². The number of para-hydroxylation sites is 2. The molecule has 0 fully saturated rings. The van der Waals surface area contributed by atoms with E-state index in [1.165, 1.54) is 30.3 Å². The van der Waals surface area contributed by atoms with E-state index in [0.29, 0.717) is 6.42 Å². The molecule has 0 aliphatic rings. The molecule has 0 aliphatic carbocycles. The van der Waals surface area contributed by atoms with Crippen molar-refractivity contribution < 1.29 is 31.1 Å². The number of nitrogens with zero attached hydrogens (tertiary/aromatic N) is 1. The molecule has 0 unspecified atom stereocenters. The van der Waals surface area contributed by atoms with Crippen molar-refractivity contribution in [2.24, 2.45) is 5.92 Å². The van der Waals surface area contributed by atoms with Crippen LogP contribution in [0.15, 0.2) is 46.0 Å². The van der Waals surface area contributed by atoms with Gasteiger partial charge in [0.2, 0.25) is 5.91 Å². The van der Waals surface area contributed by atoms with Crippen LogP contribution in [0.5, 0.6) is 5.75 Å². The lowest BCUT2D eigenvalue weighted by Crippen LogP contribution is -2.38. The molecule has 1 amide bonds. The molecule has 6 nitrogen and oxygen atoms in total. The zero-order valence-electron chi connectivity index (χ0n) is 16.5. The summed E-state index contributed by atoms with van der Waals surface area (Å²) < 4.78 is 69.0. The van der Waals surface area contributed by atoms with Crippen molar-refractivity contribution in [2.45, 2.75) is 30.7 Å². The van der Waals surface area contributed by atoms with Crippen molar-refractivity contribution in [1.82, 2.24) is 4.31 Å². The van der Waals surface area contributed by atoms with Crippen LogP contribution < -0.4 is 10.1 Å². The zero-order chi connectivity index (χ0) is 22.4. The second-order valence-corrected chi connectivity index (χ2v) is 10.0. The Bertz CT molecular complexity index is 930. The van der Waals surface area contributed by atoms with Crippen LogP contribution in [0.2, 0.25) is 0 Å². The van der Waals surface area contributed by atoms with Gasteiger partial charge in [-0.05, 0) is 35.9 Å². The SMILES string of the molecule is CC(C)CCN(CC(=O)Nc1ccccc1OCC(F)(F)F)S(=O)(=O)c1cccs1. The number of ether oxygens (including phenoxy) is 1. The Kier molecular flexibility index (Phi) is 8.27. The van der Waals surface area contributed by atoms with E-state index in [-0.39, 0.29) is 28.1 Å². The lowest BCUT2D eigenvalue weighted by molar-refractivity contribution is -0.153. The summed E-state index contributed by atoms with van der Waals surface area (Å²) in [6.45, 7) is 2.03. The predicted molar refractivity (Wildman–Crippen MR) is 109 cm³/mol. The Balaban J connectivity index is 2.15. The molecule has 0 radical (unpaired) electrons. The Morgan fingerprint density at radius 1 is 1.20 bits per heavy atom. The molecule has 2 rings (SSSR count). The van der Waals surface area contributed by atoms with Gasteiger partial charge in [-0.25, -0.2) is 8.42 Å². The number of sulfonamides is 1. The van der Waals surface area contributed by atoms with Gasteiger partial charge in [0.15, 0.2) is 6.61 Å². The molecule has 1 N–H and O–H groups in total. The van der Waals surface area contributed by atoms with E-state index in [4.69, 9.17) is 4.74 Å². The van der Waals surface area contributed by atoms with Crippen LogP contribution in [0.1, 0.15) is 20.3 Å². The first-order chi connectivity index (χ1) is 14.0. The summed E-state index contributed by atoms with van der Waals surface area (Å²) >= 11 is 1.05. The van der Waals surface area contributed by atoms with Crippen molar-refractivity contribution in [3.05, 3.63) is 41.8 Å². The molecule has 0 saturated carbocycles. The topological polar surface area (TPSA) is 75.7 Å². The number of amides is 1. The van der Waals surface area contributed by atoms with Gasteiger partial charge in [-0.1, -0.05) is 32.0 Å². The van der Waals surface area contributed by atoms with Gasteiger partial charge in [-0.3, -0.25) is 4.79 Å². The van der Waals surface area contributed by atoms with Gasteiger partial charge in [0, 0.05) is 6.54 Å². The van der Waals surface area contributed by atoms with Crippen molar-refractivity contribution in [3.63, 3.8) is 0 Å². The van der Waals surface area contributed by atoms with E-state index in [1.807, 2.05) is 13.8 Å². The fourth-order valence-electron chi connectivity index (χ4n) is 2.43. The fourth-order valence-corrected chi connectivity index (χ4v) is 4.98. The minimum absolute atomic E-state index is 0.0316. The summed E-state index contributed by atoms with van der Waals surface area (Å²) in [6.07, 6.45) is -3.98. The van der Waals surface area contributed by atoms with E-state index in [9.17, 15) is 26.4 Å². The molecule has 1 aromatic heterocycles. The van der Waals surface area contributed by atoms with Gasteiger partial charge in [-0.2, -0.15) is 17.5 Å². The van der Waals surface area contributed by atoms with Crippen LogP contribution in [0.25, 0.3) is 0 Å². The molecule has 0 spiro atoms. The lowest BCUT2D eigenvalue weighted by atomic mass is 10.1. The molecule has 0 atom stereocenters. The summed E-state index contributed by atoms with van der Waals surface area (Å²) in [5.74, 6) is -0.620. The van der Waals surface area contributed by atoms with Crippen LogP contribution in [0.3, 0.4) is 0 Å². The maximum Gasteiger partial charge on any atom is 0.422 e. The molecule has 1 aromatic carbocycles. The largest absolute Gasteiger partial charge is 0.482 e. The normalized spacial score (nSPS) is 12.4. The molecule has 0 saturated heterocycles.